The topological polar surface area (TPSA) is 59.3 Å². The molecule has 102 valence electrons. The molecule has 3 rings (SSSR count). The summed E-state index contributed by atoms with van der Waals surface area (Å²) in [5, 5.41) is 8.36. The predicted molar refractivity (Wildman–Crippen MR) is 77.0 cm³/mol. The second-order valence-electron chi connectivity index (χ2n) is 5.10. The summed E-state index contributed by atoms with van der Waals surface area (Å²) in [7, 11) is 0. The van der Waals surface area contributed by atoms with Crippen LogP contribution in [0.15, 0.2) is 10.9 Å². The van der Waals surface area contributed by atoms with E-state index in [1.807, 2.05) is 0 Å². The molecule has 0 spiro atoms. The molecule has 19 heavy (non-hydrogen) atoms. The molecule has 1 N–H and O–H groups in total. The number of anilines is 1. The third-order valence-electron chi connectivity index (χ3n) is 3.33. The van der Waals surface area contributed by atoms with Gasteiger partial charge in [0.1, 0.15) is 0 Å². The molecule has 0 bridgehead atoms. The number of aryl methyl sites for hydroxylation is 1. The molecule has 6 heteroatoms. The minimum Gasteiger partial charge on any atom is -0.360 e. The summed E-state index contributed by atoms with van der Waals surface area (Å²) >= 11 is 1.45. The molecule has 0 atom stereocenters. The van der Waals surface area contributed by atoms with Crippen LogP contribution in [0, 0.1) is 5.92 Å². The van der Waals surface area contributed by atoms with E-state index < -0.39 is 0 Å². The molecule has 0 saturated heterocycles. The van der Waals surface area contributed by atoms with Gasteiger partial charge in [0.2, 0.25) is 10.1 Å². The van der Waals surface area contributed by atoms with Gasteiger partial charge in [-0.3, -0.25) is 4.79 Å². The highest BCUT2D eigenvalue weighted by Gasteiger charge is 2.20. The van der Waals surface area contributed by atoms with Gasteiger partial charge in [0, 0.05) is 18.3 Å². The zero-order chi connectivity index (χ0) is 13.2. The summed E-state index contributed by atoms with van der Waals surface area (Å²) in [5.74, 6) is 0.902. The monoisotopic (exact) mass is 278 g/mol. The summed E-state index contributed by atoms with van der Waals surface area (Å²) < 4.78 is 1.39. The molecule has 2 heterocycles. The summed E-state index contributed by atoms with van der Waals surface area (Å²) in [6.45, 7) is 3.02. The summed E-state index contributed by atoms with van der Waals surface area (Å²) in [4.78, 5) is 17.1. The van der Waals surface area contributed by atoms with Crippen LogP contribution in [0.25, 0.3) is 4.96 Å². The third kappa shape index (κ3) is 2.94. The first kappa shape index (κ1) is 12.6. The lowest BCUT2D eigenvalue weighted by Crippen LogP contribution is -2.15. The van der Waals surface area contributed by atoms with Crippen LogP contribution in [0.5, 0.6) is 0 Å². The van der Waals surface area contributed by atoms with Gasteiger partial charge in [-0.1, -0.05) is 37.5 Å². The maximum atomic E-state index is 11.9. The Morgan fingerprint density at radius 3 is 3.11 bits per heavy atom. The van der Waals surface area contributed by atoms with Gasteiger partial charge in [0.15, 0.2) is 0 Å². The number of nitrogens with zero attached hydrogens (tertiary/aromatic N) is 3. The van der Waals surface area contributed by atoms with E-state index in [0.717, 1.165) is 36.1 Å². The molecule has 0 aliphatic heterocycles. The average molecular weight is 278 g/mol. The predicted octanol–water partition coefficient (Wildman–Crippen LogP) is 2.32. The molecule has 1 aliphatic carbocycles. The molecule has 0 unspecified atom stereocenters. The number of hydrogen-bond donors (Lipinski definition) is 1. The van der Waals surface area contributed by atoms with Crippen molar-refractivity contribution in [1.82, 2.24) is 14.6 Å². The largest absolute Gasteiger partial charge is 0.360 e. The van der Waals surface area contributed by atoms with Crippen molar-refractivity contribution in [3.8, 4) is 0 Å². The average Bonchev–Trinajstić information content (AvgIpc) is 3.09. The van der Waals surface area contributed by atoms with Crippen LogP contribution in [0.3, 0.4) is 0 Å². The van der Waals surface area contributed by atoms with E-state index in [0.29, 0.717) is 4.96 Å². The molecule has 1 fully saturated rings. The molecule has 2 aromatic rings. The number of rotatable bonds is 6. The lowest BCUT2D eigenvalue weighted by molar-refractivity contribution is 0.756. The molecular weight excluding hydrogens is 260 g/mol. The summed E-state index contributed by atoms with van der Waals surface area (Å²) in [5.41, 5.74) is 0.778. The van der Waals surface area contributed by atoms with Gasteiger partial charge in [-0.15, -0.1) is 5.10 Å². The van der Waals surface area contributed by atoms with E-state index in [-0.39, 0.29) is 5.56 Å². The molecule has 1 aliphatic rings. The lowest BCUT2D eigenvalue weighted by atomic mass is 10.2. The third-order valence-corrected chi connectivity index (χ3v) is 4.20. The van der Waals surface area contributed by atoms with Gasteiger partial charge in [0.05, 0.1) is 0 Å². The van der Waals surface area contributed by atoms with E-state index in [9.17, 15) is 4.79 Å². The van der Waals surface area contributed by atoms with Crippen LogP contribution in [0.4, 0.5) is 5.13 Å². The van der Waals surface area contributed by atoms with Crippen LogP contribution < -0.4 is 10.9 Å². The Balaban J connectivity index is 1.78. The molecule has 5 nitrogen and oxygen atoms in total. The van der Waals surface area contributed by atoms with E-state index in [1.165, 1.54) is 35.1 Å². The van der Waals surface area contributed by atoms with Gasteiger partial charge in [-0.25, -0.2) is 4.98 Å². The normalized spacial score (nSPS) is 15.0. The van der Waals surface area contributed by atoms with Gasteiger partial charge in [0.25, 0.3) is 5.56 Å². The summed E-state index contributed by atoms with van der Waals surface area (Å²) in [6.07, 6.45) is 5.76. The molecule has 0 amide bonds. The first-order valence-electron chi connectivity index (χ1n) is 6.90. The molecule has 2 aromatic heterocycles. The fraction of sp³-hybridized carbons (Fsp3) is 0.615. The van der Waals surface area contributed by atoms with Crippen molar-refractivity contribution in [1.29, 1.82) is 0 Å². The lowest BCUT2D eigenvalue weighted by Gasteiger charge is -1.98. The Bertz CT molecular complexity index is 629. The van der Waals surface area contributed by atoms with Crippen molar-refractivity contribution in [2.75, 3.05) is 11.9 Å². The Morgan fingerprint density at radius 2 is 2.37 bits per heavy atom. The van der Waals surface area contributed by atoms with Gasteiger partial charge in [-0.2, -0.15) is 4.52 Å². The SMILES string of the molecule is CCCc1cc(=O)n2nc(NCCC3CC3)sc2n1. The van der Waals surface area contributed by atoms with Gasteiger partial charge < -0.3 is 5.32 Å². The fourth-order valence-electron chi connectivity index (χ4n) is 2.10. The van der Waals surface area contributed by atoms with E-state index in [4.69, 9.17) is 0 Å². The van der Waals surface area contributed by atoms with E-state index in [2.05, 4.69) is 22.3 Å². The van der Waals surface area contributed by atoms with Gasteiger partial charge >= 0.3 is 0 Å². The van der Waals surface area contributed by atoms with Crippen molar-refractivity contribution >= 4 is 21.4 Å². The first-order valence-corrected chi connectivity index (χ1v) is 7.71. The zero-order valence-electron chi connectivity index (χ0n) is 11.1. The van der Waals surface area contributed by atoms with Crippen LogP contribution >= 0.6 is 11.3 Å². The van der Waals surface area contributed by atoms with Crippen molar-refractivity contribution in [2.24, 2.45) is 5.92 Å². The standard InChI is InChI=1S/C13H18N4OS/c1-2-3-10-8-11(18)17-13(15-10)19-12(16-17)14-7-6-9-4-5-9/h8-9H,2-7H2,1H3,(H,14,16). The molecular formula is C13H18N4OS. The summed E-state index contributed by atoms with van der Waals surface area (Å²) in [6, 6.07) is 1.59. The molecule has 0 aromatic carbocycles. The quantitative estimate of drug-likeness (QED) is 0.881. The van der Waals surface area contributed by atoms with Crippen molar-refractivity contribution in [2.45, 2.75) is 39.0 Å². The van der Waals surface area contributed by atoms with Crippen molar-refractivity contribution < 1.29 is 0 Å². The Hall–Kier alpha value is -1.43. The maximum absolute atomic E-state index is 11.9. The molecule has 0 radical (unpaired) electrons. The highest BCUT2D eigenvalue weighted by molar-refractivity contribution is 7.20. The number of fused-ring (bicyclic) bond motifs is 1. The molecule has 1 saturated carbocycles. The minimum atomic E-state index is -0.0834. The minimum absolute atomic E-state index is 0.0834. The fourth-order valence-corrected chi connectivity index (χ4v) is 2.95. The Labute approximate surface area is 115 Å². The van der Waals surface area contributed by atoms with E-state index in [1.54, 1.807) is 6.07 Å². The first-order chi connectivity index (χ1) is 9.26. The second-order valence-corrected chi connectivity index (χ2v) is 6.05. The van der Waals surface area contributed by atoms with Gasteiger partial charge in [-0.05, 0) is 18.8 Å². The van der Waals surface area contributed by atoms with E-state index >= 15 is 0 Å². The zero-order valence-corrected chi connectivity index (χ0v) is 11.9. The van der Waals surface area contributed by atoms with Crippen LogP contribution in [-0.2, 0) is 6.42 Å². The highest BCUT2D eigenvalue weighted by Crippen LogP contribution is 2.32. The number of hydrogen-bond acceptors (Lipinski definition) is 5. The highest BCUT2D eigenvalue weighted by atomic mass is 32.1. The number of aromatic nitrogens is 3. The van der Waals surface area contributed by atoms with Crippen molar-refractivity contribution in [3.05, 3.63) is 22.1 Å². The van der Waals surface area contributed by atoms with Crippen LogP contribution in [0.1, 0.15) is 38.3 Å². The van der Waals surface area contributed by atoms with Crippen LogP contribution in [-0.4, -0.2) is 21.1 Å². The maximum Gasteiger partial charge on any atom is 0.275 e. The smallest absolute Gasteiger partial charge is 0.275 e. The van der Waals surface area contributed by atoms with Crippen LogP contribution in [0.2, 0.25) is 0 Å². The Kier molecular flexibility index (Phi) is 3.50. The van der Waals surface area contributed by atoms with Crippen molar-refractivity contribution in [3.63, 3.8) is 0 Å². The number of nitrogens with one attached hydrogen (secondary N) is 1. The second kappa shape index (κ2) is 5.28. The Morgan fingerprint density at radius 1 is 1.53 bits per heavy atom.